The van der Waals surface area contributed by atoms with Crippen LogP contribution < -0.4 is 5.32 Å². The Kier molecular flexibility index (Phi) is 7.50. The fraction of sp³-hybridized carbons (Fsp3) is 0.263. The summed E-state index contributed by atoms with van der Waals surface area (Å²) in [5, 5.41) is 11.9. The second-order valence-corrected chi connectivity index (χ2v) is 7.15. The van der Waals surface area contributed by atoms with Crippen molar-refractivity contribution in [3.8, 4) is 0 Å². The average molecular weight is 375 g/mol. The summed E-state index contributed by atoms with van der Waals surface area (Å²) < 4.78 is 17.5. The zero-order chi connectivity index (χ0) is 18.9. The van der Waals surface area contributed by atoms with E-state index in [1.54, 1.807) is 48.5 Å². The number of hydrogen-bond acceptors (Lipinski definition) is 4. The van der Waals surface area contributed by atoms with Gasteiger partial charge in [-0.1, -0.05) is 48.5 Å². The molecule has 0 spiro atoms. The highest BCUT2D eigenvalue weighted by atomic mass is 32.2. The summed E-state index contributed by atoms with van der Waals surface area (Å²) in [6.45, 7) is 0. The first-order chi connectivity index (χ1) is 12.5. The second-order valence-electron chi connectivity index (χ2n) is 5.58. The molecule has 2 aromatic carbocycles. The van der Waals surface area contributed by atoms with Crippen molar-refractivity contribution in [2.75, 3.05) is 12.9 Å². The van der Waals surface area contributed by atoms with E-state index < -0.39 is 34.8 Å². The van der Waals surface area contributed by atoms with Crippen LogP contribution in [0.4, 0.5) is 0 Å². The summed E-state index contributed by atoms with van der Waals surface area (Å²) >= 11 is 0. The number of methoxy groups -OCH3 is 1. The van der Waals surface area contributed by atoms with Gasteiger partial charge in [-0.2, -0.15) is 0 Å². The molecule has 7 heteroatoms. The number of rotatable bonds is 9. The summed E-state index contributed by atoms with van der Waals surface area (Å²) in [5.41, 5.74) is 0.629. The molecule has 0 fully saturated rings. The molecular formula is C19H21NO5S. The maximum Gasteiger partial charge on any atom is 0.326 e. The molecular weight excluding hydrogens is 354 g/mol. The van der Waals surface area contributed by atoms with Gasteiger partial charge < -0.3 is 15.2 Å². The van der Waals surface area contributed by atoms with Crippen LogP contribution >= 0.6 is 0 Å². The first-order valence-corrected chi connectivity index (χ1v) is 9.39. The lowest BCUT2D eigenvalue weighted by Gasteiger charge is -2.19. The van der Waals surface area contributed by atoms with E-state index in [4.69, 9.17) is 4.74 Å². The maximum atomic E-state index is 12.4. The first kappa shape index (κ1) is 19.8. The third-order valence-corrected chi connectivity index (χ3v) is 5.19. The Morgan fingerprint density at radius 3 is 2.19 bits per heavy atom. The zero-order valence-electron chi connectivity index (χ0n) is 14.3. The van der Waals surface area contributed by atoms with Gasteiger partial charge in [-0.15, -0.1) is 0 Å². The summed E-state index contributed by atoms with van der Waals surface area (Å²) in [7, 11) is 0.0567. The molecule has 0 saturated heterocycles. The van der Waals surface area contributed by atoms with Gasteiger partial charge in [0, 0.05) is 17.8 Å². The van der Waals surface area contributed by atoms with Crippen LogP contribution in [0.3, 0.4) is 0 Å². The van der Waals surface area contributed by atoms with E-state index >= 15 is 0 Å². The molecule has 0 unspecified atom stereocenters. The van der Waals surface area contributed by atoms with Crippen LogP contribution in [0.15, 0.2) is 65.6 Å². The van der Waals surface area contributed by atoms with Crippen LogP contribution in [-0.4, -0.2) is 40.1 Å². The Morgan fingerprint density at radius 2 is 1.65 bits per heavy atom. The molecule has 6 nitrogen and oxygen atoms in total. The molecule has 0 heterocycles. The highest BCUT2D eigenvalue weighted by molar-refractivity contribution is 7.85. The quantitative estimate of drug-likeness (QED) is 0.700. The van der Waals surface area contributed by atoms with E-state index in [9.17, 15) is 18.9 Å². The molecule has 2 N–H and O–H groups in total. The number of benzene rings is 2. The molecule has 0 bridgehead atoms. The monoisotopic (exact) mass is 375 g/mol. The molecule has 2 rings (SSSR count). The number of nitrogens with one attached hydrogen (secondary N) is 1. The molecule has 138 valence electrons. The highest BCUT2D eigenvalue weighted by Gasteiger charge is 2.26. The van der Waals surface area contributed by atoms with Crippen LogP contribution in [0.2, 0.25) is 0 Å². The van der Waals surface area contributed by atoms with Crippen molar-refractivity contribution in [2.45, 2.75) is 23.5 Å². The molecule has 0 aliphatic heterocycles. The highest BCUT2D eigenvalue weighted by Crippen LogP contribution is 2.17. The Morgan fingerprint density at radius 1 is 1.08 bits per heavy atom. The first-order valence-electron chi connectivity index (χ1n) is 8.07. The van der Waals surface area contributed by atoms with Gasteiger partial charge in [-0.05, 0) is 24.1 Å². The molecule has 26 heavy (non-hydrogen) atoms. The molecule has 1 amide bonds. The number of carboxylic acids is 1. The molecule has 3 atom stereocenters. The SMILES string of the molecule is CO[C@H](C(=O)N[C@@H](CC[S@@](=O)c1ccccc1)C(=O)O)c1ccccc1. The number of aliphatic carboxylic acids is 1. The van der Waals surface area contributed by atoms with Gasteiger partial charge in [0.05, 0.1) is 10.8 Å². The fourth-order valence-electron chi connectivity index (χ4n) is 2.44. The average Bonchev–Trinajstić information content (AvgIpc) is 2.66. The van der Waals surface area contributed by atoms with Gasteiger partial charge in [0.25, 0.3) is 5.91 Å². The second kappa shape index (κ2) is 9.84. The predicted octanol–water partition coefficient (Wildman–Crippen LogP) is 2.14. The fourth-order valence-corrected chi connectivity index (χ4v) is 3.59. The number of carboxylic acid groups (broad SMARTS) is 1. The number of carbonyl (C=O) groups excluding carboxylic acids is 1. The van der Waals surface area contributed by atoms with Gasteiger partial charge in [-0.3, -0.25) is 9.00 Å². The van der Waals surface area contributed by atoms with Crippen molar-refractivity contribution >= 4 is 22.7 Å². The lowest BCUT2D eigenvalue weighted by Crippen LogP contribution is -2.44. The molecule has 2 aromatic rings. The van der Waals surface area contributed by atoms with Gasteiger partial charge in [-0.25, -0.2) is 4.79 Å². The minimum absolute atomic E-state index is 0.0494. The predicted molar refractivity (Wildman–Crippen MR) is 98.1 cm³/mol. The minimum Gasteiger partial charge on any atom is -0.480 e. The van der Waals surface area contributed by atoms with Crippen LogP contribution in [0, 0.1) is 0 Å². The Balaban J connectivity index is 2.00. The van der Waals surface area contributed by atoms with Crippen LogP contribution in [0.5, 0.6) is 0 Å². The summed E-state index contributed by atoms with van der Waals surface area (Å²) in [6, 6.07) is 16.5. The summed E-state index contributed by atoms with van der Waals surface area (Å²) in [5.74, 6) is -1.59. The van der Waals surface area contributed by atoms with Crippen molar-refractivity contribution in [3.63, 3.8) is 0 Å². The lowest BCUT2D eigenvalue weighted by atomic mass is 10.1. The zero-order valence-corrected chi connectivity index (χ0v) is 15.1. The van der Waals surface area contributed by atoms with E-state index in [0.717, 1.165) is 0 Å². The number of carbonyl (C=O) groups is 2. The molecule has 0 saturated carbocycles. The topological polar surface area (TPSA) is 92.7 Å². The van der Waals surface area contributed by atoms with Crippen molar-refractivity contribution in [3.05, 3.63) is 66.2 Å². The number of amides is 1. The van der Waals surface area contributed by atoms with Crippen LogP contribution in [0.1, 0.15) is 18.1 Å². The molecule has 0 radical (unpaired) electrons. The molecule has 0 aliphatic rings. The minimum atomic E-state index is -1.33. The number of hydrogen-bond donors (Lipinski definition) is 2. The van der Waals surface area contributed by atoms with E-state index in [1.807, 2.05) is 12.1 Å². The Bertz CT molecular complexity index is 751. The Labute approximate surface area is 154 Å². The molecule has 0 aliphatic carbocycles. The van der Waals surface area contributed by atoms with E-state index in [0.29, 0.717) is 10.5 Å². The van der Waals surface area contributed by atoms with E-state index in [2.05, 4.69) is 5.32 Å². The summed E-state index contributed by atoms with van der Waals surface area (Å²) in [6.07, 6.45) is -0.856. The van der Waals surface area contributed by atoms with E-state index in [-0.39, 0.29) is 12.2 Å². The van der Waals surface area contributed by atoms with Gasteiger partial charge >= 0.3 is 5.97 Å². The largest absolute Gasteiger partial charge is 0.480 e. The van der Waals surface area contributed by atoms with Crippen LogP contribution in [-0.2, 0) is 25.1 Å². The van der Waals surface area contributed by atoms with Crippen molar-refractivity contribution in [1.29, 1.82) is 0 Å². The van der Waals surface area contributed by atoms with Crippen LogP contribution in [0.25, 0.3) is 0 Å². The van der Waals surface area contributed by atoms with Crippen molar-refractivity contribution in [1.82, 2.24) is 5.32 Å². The smallest absolute Gasteiger partial charge is 0.326 e. The third-order valence-electron chi connectivity index (χ3n) is 3.79. The van der Waals surface area contributed by atoms with Crippen molar-refractivity contribution < 1.29 is 23.6 Å². The molecule has 0 aromatic heterocycles. The standard InChI is InChI=1S/C19H21NO5S/c1-25-17(14-8-4-2-5-9-14)18(21)20-16(19(22)23)12-13-26(24)15-10-6-3-7-11-15/h2-11,16-17H,12-13H2,1H3,(H,20,21)(H,22,23)/t16-,17-,26+/m0/s1. The van der Waals surface area contributed by atoms with Crippen molar-refractivity contribution in [2.24, 2.45) is 0 Å². The maximum absolute atomic E-state index is 12.4. The Hall–Kier alpha value is -2.51. The number of ether oxygens (including phenoxy) is 1. The van der Waals surface area contributed by atoms with Gasteiger partial charge in [0.2, 0.25) is 0 Å². The van der Waals surface area contributed by atoms with Gasteiger partial charge in [0.1, 0.15) is 6.04 Å². The lowest BCUT2D eigenvalue weighted by molar-refractivity contribution is -0.144. The van der Waals surface area contributed by atoms with Gasteiger partial charge in [0.15, 0.2) is 6.10 Å². The normalized spacial score (nSPS) is 14.2. The van der Waals surface area contributed by atoms with E-state index in [1.165, 1.54) is 7.11 Å². The third kappa shape index (κ3) is 5.50. The summed E-state index contributed by atoms with van der Waals surface area (Å²) in [4.78, 5) is 24.5.